The molecule has 0 N–H and O–H groups in total. The van der Waals surface area contributed by atoms with Gasteiger partial charge in [0.1, 0.15) is 11.5 Å². The molecule has 0 radical (unpaired) electrons. The van der Waals surface area contributed by atoms with Gasteiger partial charge in [-0.1, -0.05) is 0 Å². The monoisotopic (exact) mass is 462 g/mol. The van der Waals surface area contributed by atoms with Crippen LogP contribution in [0.5, 0.6) is 11.5 Å². The molecule has 29 heavy (non-hydrogen) atoms. The number of alkyl halides is 1. The maximum atomic E-state index is 11.4. The molecule has 1 aromatic carbocycles. The van der Waals surface area contributed by atoms with Crippen LogP contribution in [0.2, 0.25) is 12.6 Å². The van der Waals surface area contributed by atoms with Crippen molar-refractivity contribution in [1.29, 1.82) is 0 Å². The molecule has 0 bridgehead atoms. The Morgan fingerprint density at radius 1 is 1.10 bits per heavy atom. The van der Waals surface area contributed by atoms with Crippen LogP contribution in [0.15, 0.2) is 18.2 Å². The average molecular weight is 463 g/mol. The van der Waals surface area contributed by atoms with E-state index < -0.39 is 35.3 Å². The zero-order valence-electron chi connectivity index (χ0n) is 16.6. The van der Waals surface area contributed by atoms with Gasteiger partial charge in [0, 0.05) is 26.3 Å². The van der Waals surface area contributed by atoms with Crippen LogP contribution >= 0.6 is 11.6 Å². The third kappa shape index (κ3) is 6.73. The molecule has 0 saturated carbocycles. The van der Waals surface area contributed by atoms with Gasteiger partial charge in [-0.2, -0.15) is 0 Å². The molecule has 9 nitrogen and oxygen atoms in total. The normalized spacial score (nSPS) is 18.1. The van der Waals surface area contributed by atoms with Gasteiger partial charge in [0.05, 0.1) is 24.8 Å². The molecule has 1 heterocycles. The van der Waals surface area contributed by atoms with Gasteiger partial charge >= 0.3 is 17.4 Å². The van der Waals surface area contributed by atoms with Crippen LogP contribution in [-0.2, 0) is 38.7 Å². The molecular formula is C17H23ClO9Si2. The van der Waals surface area contributed by atoms with Crippen molar-refractivity contribution in [2.24, 2.45) is 0 Å². The summed E-state index contributed by atoms with van der Waals surface area (Å²) in [6, 6.07) is 5.14. The zero-order valence-corrected chi connectivity index (χ0v) is 19.4. The summed E-state index contributed by atoms with van der Waals surface area (Å²) in [6.45, 7) is 5.63. The molecule has 0 saturated heterocycles. The highest BCUT2D eigenvalue weighted by molar-refractivity contribution is 6.74. The van der Waals surface area contributed by atoms with Crippen LogP contribution in [0.1, 0.15) is 26.3 Å². The first-order chi connectivity index (χ1) is 13.6. The Morgan fingerprint density at radius 2 is 1.69 bits per heavy atom. The van der Waals surface area contributed by atoms with E-state index in [9.17, 15) is 14.4 Å². The van der Waals surface area contributed by atoms with E-state index in [-0.39, 0.29) is 12.7 Å². The first-order valence-electron chi connectivity index (χ1n) is 8.80. The lowest BCUT2D eigenvalue weighted by atomic mass is 10.2. The first kappa shape index (κ1) is 23.2. The Kier molecular flexibility index (Phi) is 7.69. The summed E-state index contributed by atoms with van der Waals surface area (Å²) in [5.74, 6) is -0.985. The van der Waals surface area contributed by atoms with Crippen LogP contribution < -0.4 is 9.16 Å². The quantitative estimate of drug-likeness (QED) is 0.425. The Hall–Kier alpha value is -2.09. The molecule has 160 valence electrons. The van der Waals surface area contributed by atoms with Crippen molar-refractivity contribution < 1.29 is 41.3 Å². The SMILES string of the molecule is CC(=O)O[Si](CCOc1ccc2c(c1)CO[Si](C)(CCl)O2)(OC(C)=O)OC(C)=O. The van der Waals surface area contributed by atoms with Gasteiger partial charge in [0.15, 0.2) is 0 Å². The minimum Gasteiger partial charge on any atom is -0.519 e. The molecule has 1 aliphatic rings. The number of ether oxygens (including phenoxy) is 1. The van der Waals surface area contributed by atoms with Gasteiger partial charge in [0.2, 0.25) is 0 Å². The smallest absolute Gasteiger partial charge is 0.519 e. The maximum Gasteiger partial charge on any atom is 0.708 e. The standard InChI is InChI=1S/C17H23ClO9Si2/c1-12(19)24-29(25-13(2)20,26-14(3)21)8-7-22-16-5-6-17-15(9-16)10-23-28(4,11-18)27-17/h5-6,9H,7-8,10-11H2,1-4H3. The molecule has 0 amide bonds. The van der Waals surface area contributed by atoms with E-state index in [0.29, 0.717) is 23.6 Å². The number of hydrogen-bond donors (Lipinski definition) is 0. The topological polar surface area (TPSA) is 107 Å². The molecule has 1 atom stereocenters. The van der Waals surface area contributed by atoms with Crippen molar-refractivity contribution in [3.8, 4) is 11.5 Å². The predicted molar refractivity (Wildman–Crippen MR) is 106 cm³/mol. The molecule has 1 unspecified atom stereocenters. The van der Waals surface area contributed by atoms with Crippen molar-refractivity contribution in [3.05, 3.63) is 23.8 Å². The zero-order chi connectivity index (χ0) is 21.7. The molecule has 1 aliphatic heterocycles. The summed E-state index contributed by atoms with van der Waals surface area (Å²) in [5.41, 5.74) is 1.13. The number of carbonyl (C=O) groups is 3. The summed E-state index contributed by atoms with van der Waals surface area (Å²) < 4.78 is 32.6. The molecule has 12 heteroatoms. The second-order valence-electron chi connectivity index (χ2n) is 6.49. The van der Waals surface area contributed by atoms with E-state index >= 15 is 0 Å². The number of carbonyl (C=O) groups excluding carboxylic acids is 3. The largest absolute Gasteiger partial charge is 0.708 e. The highest BCUT2D eigenvalue weighted by Crippen LogP contribution is 2.32. The first-order valence-corrected chi connectivity index (χ1v) is 13.8. The molecule has 0 spiro atoms. The lowest BCUT2D eigenvalue weighted by Gasteiger charge is -2.32. The van der Waals surface area contributed by atoms with Crippen molar-refractivity contribution in [1.82, 2.24) is 0 Å². The van der Waals surface area contributed by atoms with Crippen molar-refractivity contribution in [3.63, 3.8) is 0 Å². The Balaban J connectivity index is 2.07. The molecular weight excluding hydrogens is 440 g/mol. The van der Waals surface area contributed by atoms with Crippen LogP contribution in [0, 0.1) is 0 Å². The molecule has 0 aliphatic carbocycles. The summed E-state index contributed by atoms with van der Waals surface area (Å²) in [5, 5.41) is 0. The molecule has 0 aromatic heterocycles. The number of benzene rings is 1. The van der Waals surface area contributed by atoms with E-state index in [4.69, 9.17) is 38.5 Å². The second-order valence-corrected chi connectivity index (χ2v) is 12.8. The third-order valence-corrected chi connectivity index (χ3v) is 9.67. The predicted octanol–water partition coefficient (Wildman–Crippen LogP) is 2.45. The fraction of sp³-hybridized carbons (Fsp3) is 0.471. The summed E-state index contributed by atoms with van der Waals surface area (Å²) in [4.78, 5) is 34.3. The Morgan fingerprint density at radius 3 is 2.21 bits per heavy atom. The van der Waals surface area contributed by atoms with E-state index in [2.05, 4.69) is 0 Å². The third-order valence-electron chi connectivity index (χ3n) is 3.71. The van der Waals surface area contributed by atoms with E-state index in [1.165, 1.54) is 0 Å². The van der Waals surface area contributed by atoms with E-state index in [1.54, 1.807) is 18.2 Å². The minimum absolute atomic E-state index is 0.0191. The summed E-state index contributed by atoms with van der Waals surface area (Å²) >= 11 is 5.92. The molecule has 1 aromatic rings. The Labute approximate surface area is 175 Å². The fourth-order valence-corrected chi connectivity index (χ4v) is 6.39. The second kappa shape index (κ2) is 9.61. The lowest BCUT2D eigenvalue weighted by molar-refractivity contribution is -0.147. The van der Waals surface area contributed by atoms with Crippen molar-refractivity contribution >= 4 is 46.9 Å². The highest BCUT2D eigenvalue weighted by atomic mass is 35.5. The average Bonchev–Trinajstić information content (AvgIpc) is 2.60. The summed E-state index contributed by atoms with van der Waals surface area (Å²) in [6.07, 6.45) is 0. The highest BCUT2D eigenvalue weighted by Gasteiger charge is 2.51. The lowest BCUT2D eigenvalue weighted by Crippen LogP contribution is -2.50. The number of fused-ring (bicyclic) bond motifs is 1. The number of rotatable bonds is 8. The van der Waals surface area contributed by atoms with Crippen LogP contribution in [0.4, 0.5) is 0 Å². The van der Waals surface area contributed by atoms with Gasteiger partial charge in [-0.15, -0.1) is 11.6 Å². The van der Waals surface area contributed by atoms with Crippen molar-refractivity contribution in [2.45, 2.75) is 40.0 Å². The summed E-state index contributed by atoms with van der Waals surface area (Å²) in [7, 11) is -6.32. The van der Waals surface area contributed by atoms with Crippen LogP contribution in [-0.4, -0.2) is 47.4 Å². The minimum atomic E-state index is -3.92. The van der Waals surface area contributed by atoms with E-state index in [0.717, 1.165) is 26.3 Å². The fourth-order valence-electron chi connectivity index (χ4n) is 2.58. The van der Waals surface area contributed by atoms with Crippen LogP contribution in [0.25, 0.3) is 0 Å². The van der Waals surface area contributed by atoms with Gasteiger partial charge in [-0.25, -0.2) is 0 Å². The Bertz CT molecular complexity index is 747. The van der Waals surface area contributed by atoms with E-state index in [1.807, 2.05) is 6.55 Å². The van der Waals surface area contributed by atoms with Gasteiger partial charge in [0.25, 0.3) is 17.9 Å². The number of hydrogen-bond acceptors (Lipinski definition) is 9. The maximum absolute atomic E-state index is 11.4. The molecule has 0 fully saturated rings. The van der Waals surface area contributed by atoms with Gasteiger partial charge in [-0.05, 0) is 24.7 Å². The molecule has 2 rings (SSSR count). The van der Waals surface area contributed by atoms with Crippen molar-refractivity contribution in [2.75, 3.05) is 12.1 Å². The number of halogens is 1. The van der Waals surface area contributed by atoms with Gasteiger partial charge in [-0.3, -0.25) is 14.4 Å². The van der Waals surface area contributed by atoms with Gasteiger partial charge < -0.3 is 26.9 Å². The van der Waals surface area contributed by atoms with Crippen LogP contribution in [0.3, 0.4) is 0 Å².